The molecule has 9 heteroatoms. The van der Waals surface area contributed by atoms with Gasteiger partial charge in [0.05, 0.1) is 12.0 Å². The molecule has 0 unspecified atom stereocenters. The number of nitrogens with one attached hydrogen (secondary N) is 1. The second-order valence-corrected chi connectivity index (χ2v) is 9.98. The van der Waals surface area contributed by atoms with E-state index in [1.807, 2.05) is 38.1 Å². The van der Waals surface area contributed by atoms with E-state index in [9.17, 15) is 18.0 Å². The Hall–Kier alpha value is -2.91. The van der Waals surface area contributed by atoms with Crippen LogP contribution >= 0.6 is 0 Å². The molecule has 0 aliphatic carbocycles. The Bertz CT molecular complexity index is 1040. The fraction of sp³-hybridized carbons (Fsp3) is 0.440. The van der Waals surface area contributed by atoms with Crippen molar-refractivity contribution < 1.29 is 22.7 Å². The molecule has 0 spiro atoms. The molecule has 0 radical (unpaired) electrons. The average molecular weight is 490 g/mol. The normalized spacial score (nSPS) is 12.3. The third-order valence-electron chi connectivity index (χ3n) is 5.54. The summed E-state index contributed by atoms with van der Waals surface area (Å²) < 4.78 is 32.0. The SMILES string of the molecule is CCNC(=O)[C@@H](CC)N(Cc1cccc(OC)c1)C(=O)CCCN(C)S(=O)(=O)c1ccccc1. The highest BCUT2D eigenvalue weighted by Crippen LogP contribution is 2.19. The number of amides is 2. The summed E-state index contributed by atoms with van der Waals surface area (Å²) >= 11 is 0. The quantitative estimate of drug-likeness (QED) is 0.467. The third kappa shape index (κ3) is 7.30. The number of benzene rings is 2. The molecule has 2 aromatic carbocycles. The first kappa shape index (κ1) is 27.3. The largest absolute Gasteiger partial charge is 0.497 e. The predicted octanol–water partition coefficient (Wildman–Crippen LogP) is 3.04. The van der Waals surface area contributed by atoms with Gasteiger partial charge in [-0.3, -0.25) is 9.59 Å². The van der Waals surface area contributed by atoms with Crippen LogP contribution in [0.15, 0.2) is 59.5 Å². The Morgan fingerprint density at radius 2 is 1.76 bits per heavy atom. The van der Waals surface area contributed by atoms with E-state index in [2.05, 4.69) is 5.32 Å². The number of carbonyl (C=O) groups is 2. The van der Waals surface area contributed by atoms with E-state index < -0.39 is 16.1 Å². The van der Waals surface area contributed by atoms with Gasteiger partial charge in [0.15, 0.2) is 0 Å². The molecule has 2 amide bonds. The molecule has 0 fully saturated rings. The zero-order valence-electron chi connectivity index (χ0n) is 20.4. The van der Waals surface area contributed by atoms with Crippen LogP contribution in [0, 0.1) is 0 Å². The van der Waals surface area contributed by atoms with E-state index in [1.54, 1.807) is 42.3 Å². The van der Waals surface area contributed by atoms with Crippen molar-refractivity contribution in [3.8, 4) is 5.75 Å². The molecule has 0 aromatic heterocycles. The van der Waals surface area contributed by atoms with Crippen molar-refractivity contribution in [3.63, 3.8) is 0 Å². The van der Waals surface area contributed by atoms with Crippen LogP contribution < -0.4 is 10.1 Å². The van der Waals surface area contributed by atoms with E-state index >= 15 is 0 Å². The smallest absolute Gasteiger partial charge is 0.242 e. The fourth-order valence-electron chi connectivity index (χ4n) is 3.67. The monoisotopic (exact) mass is 489 g/mol. The lowest BCUT2D eigenvalue weighted by atomic mass is 10.1. The average Bonchev–Trinajstić information content (AvgIpc) is 2.84. The molecule has 0 saturated carbocycles. The van der Waals surface area contributed by atoms with Gasteiger partial charge in [-0.25, -0.2) is 12.7 Å². The summed E-state index contributed by atoms with van der Waals surface area (Å²) in [6, 6.07) is 15.0. The molecule has 0 saturated heterocycles. The molecular formula is C25H35N3O5S. The first-order valence-corrected chi connectivity index (χ1v) is 12.9. The van der Waals surface area contributed by atoms with Crippen molar-refractivity contribution in [1.29, 1.82) is 0 Å². The molecule has 0 aliphatic heterocycles. The van der Waals surface area contributed by atoms with Gasteiger partial charge in [-0.05, 0) is 49.6 Å². The van der Waals surface area contributed by atoms with E-state index in [-0.39, 0.29) is 36.2 Å². The summed E-state index contributed by atoms with van der Waals surface area (Å²) in [6.07, 6.45) is 0.917. The minimum absolute atomic E-state index is 0.120. The molecule has 0 aliphatic rings. The Labute approximate surface area is 202 Å². The molecule has 186 valence electrons. The summed E-state index contributed by atoms with van der Waals surface area (Å²) in [4.78, 5) is 27.7. The van der Waals surface area contributed by atoms with E-state index in [0.29, 0.717) is 25.1 Å². The van der Waals surface area contributed by atoms with Crippen LogP contribution in [-0.4, -0.2) is 62.7 Å². The van der Waals surface area contributed by atoms with Gasteiger partial charge in [0, 0.05) is 33.1 Å². The van der Waals surface area contributed by atoms with Gasteiger partial charge in [0.1, 0.15) is 11.8 Å². The predicted molar refractivity (Wildman–Crippen MR) is 132 cm³/mol. The second kappa shape index (κ2) is 13.1. The van der Waals surface area contributed by atoms with Crippen LogP contribution in [0.2, 0.25) is 0 Å². The topological polar surface area (TPSA) is 96.0 Å². The molecule has 0 heterocycles. The number of likely N-dealkylation sites (N-methyl/N-ethyl adjacent to an activating group) is 1. The van der Waals surface area contributed by atoms with Crippen molar-refractivity contribution in [3.05, 3.63) is 60.2 Å². The number of hydrogen-bond donors (Lipinski definition) is 1. The number of nitrogens with zero attached hydrogens (tertiary/aromatic N) is 2. The van der Waals surface area contributed by atoms with E-state index in [0.717, 1.165) is 5.56 Å². The van der Waals surface area contributed by atoms with E-state index in [4.69, 9.17) is 4.74 Å². The summed E-state index contributed by atoms with van der Waals surface area (Å²) in [7, 11) is -0.545. The Morgan fingerprint density at radius 3 is 2.38 bits per heavy atom. The number of ether oxygens (including phenoxy) is 1. The summed E-state index contributed by atoms with van der Waals surface area (Å²) in [5.41, 5.74) is 0.847. The van der Waals surface area contributed by atoms with E-state index in [1.165, 1.54) is 11.4 Å². The highest BCUT2D eigenvalue weighted by atomic mass is 32.2. The number of methoxy groups -OCH3 is 1. The van der Waals surface area contributed by atoms with Gasteiger partial charge >= 0.3 is 0 Å². The van der Waals surface area contributed by atoms with Crippen LogP contribution in [0.1, 0.15) is 38.7 Å². The molecule has 8 nitrogen and oxygen atoms in total. The van der Waals surface area contributed by atoms with Crippen LogP contribution in [0.4, 0.5) is 0 Å². The first-order valence-electron chi connectivity index (χ1n) is 11.5. The lowest BCUT2D eigenvalue weighted by Gasteiger charge is -2.31. The van der Waals surface area contributed by atoms with Crippen LogP contribution in [0.3, 0.4) is 0 Å². The Balaban J connectivity index is 2.13. The van der Waals surface area contributed by atoms with Gasteiger partial charge in [0.2, 0.25) is 21.8 Å². The highest BCUT2D eigenvalue weighted by Gasteiger charge is 2.28. The second-order valence-electron chi connectivity index (χ2n) is 7.93. The minimum Gasteiger partial charge on any atom is -0.497 e. The molecule has 1 N–H and O–H groups in total. The number of carbonyl (C=O) groups excluding carboxylic acids is 2. The van der Waals surface area contributed by atoms with Gasteiger partial charge < -0.3 is 15.0 Å². The van der Waals surface area contributed by atoms with Gasteiger partial charge in [-0.1, -0.05) is 37.3 Å². The maximum Gasteiger partial charge on any atom is 0.242 e. The Kier molecular flexibility index (Phi) is 10.5. The summed E-state index contributed by atoms with van der Waals surface area (Å²) in [5.74, 6) is 0.264. The third-order valence-corrected chi connectivity index (χ3v) is 7.41. The zero-order valence-corrected chi connectivity index (χ0v) is 21.2. The maximum absolute atomic E-state index is 13.3. The zero-order chi connectivity index (χ0) is 25.1. The highest BCUT2D eigenvalue weighted by molar-refractivity contribution is 7.89. The lowest BCUT2D eigenvalue weighted by molar-refractivity contribution is -0.141. The molecular weight excluding hydrogens is 454 g/mol. The summed E-state index contributed by atoms with van der Waals surface area (Å²) in [5, 5.41) is 2.81. The fourth-order valence-corrected chi connectivity index (χ4v) is 4.90. The van der Waals surface area contributed by atoms with Crippen LogP contribution in [-0.2, 0) is 26.2 Å². The van der Waals surface area contributed by atoms with Gasteiger partial charge in [-0.15, -0.1) is 0 Å². The molecule has 2 aromatic rings. The van der Waals surface area contributed by atoms with Gasteiger partial charge in [-0.2, -0.15) is 0 Å². The number of hydrogen-bond acceptors (Lipinski definition) is 5. The molecule has 0 bridgehead atoms. The van der Waals surface area contributed by atoms with Crippen molar-refractivity contribution in [2.24, 2.45) is 0 Å². The van der Waals surface area contributed by atoms with Crippen LogP contribution in [0.25, 0.3) is 0 Å². The maximum atomic E-state index is 13.3. The van der Waals surface area contributed by atoms with Crippen molar-refractivity contribution in [1.82, 2.24) is 14.5 Å². The van der Waals surface area contributed by atoms with Crippen molar-refractivity contribution in [2.45, 2.75) is 50.6 Å². The first-order chi connectivity index (χ1) is 16.2. The minimum atomic E-state index is -3.62. The molecule has 2 rings (SSSR count). The molecule has 1 atom stereocenters. The standard InChI is InChI=1S/C25H35N3O5S/c1-5-23(25(30)26-6-2)28(19-20-12-10-13-21(18-20)33-4)24(29)16-11-17-27(3)34(31,32)22-14-8-7-9-15-22/h7-10,12-15,18,23H,5-6,11,16-17,19H2,1-4H3,(H,26,30)/t23-/m1/s1. The Morgan fingerprint density at radius 1 is 1.06 bits per heavy atom. The number of sulfonamides is 1. The number of rotatable bonds is 13. The summed E-state index contributed by atoms with van der Waals surface area (Å²) in [6.45, 7) is 4.62. The van der Waals surface area contributed by atoms with Crippen molar-refractivity contribution in [2.75, 3.05) is 27.2 Å². The van der Waals surface area contributed by atoms with Crippen molar-refractivity contribution >= 4 is 21.8 Å². The molecule has 34 heavy (non-hydrogen) atoms. The lowest BCUT2D eigenvalue weighted by Crippen LogP contribution is -2.49. The van der Waals surface area contributed by atoms with Gasteiger partial charge in [0.25, 0.3) is 0 Å². The van der Waals surface area contributed by atoms with Crippen LogP contribution in [0.5, 0.6) is 5.75 Å².